The molecule has 0 spiro atoms. The van der Waals surface area contributed by atoms with Crippen molar-refractivity contribution in [2.24, 2.45) is 11.8 Å². The molecule has 1 aliphatic carbocycles. The van der Waals surface area contributed by atoms with E-state index in [0.29, 0.717) is 19.5 Å². The van der Waals surface area contributed by atoms with Crippen LogP contribution in [0.4, 0.5) is 0 Å². The van der Waals surface area contributed by atoms with Crippen LogP contribution >= 0.6 is 0 Å². The molecule has 0 heterocycles. The van der Waals surface area contributed by atoms with Crippen LogP contribution in [0.1, 0.15) is 17.5 Å². The Labute approximate surface area is 142 Å². The maximum atomic E-state index is 12.1. The molecule has 2 amide bonds. The molecule has 2 N–H and O–H groups in total. The number of rotatable bonds is 7. The van der Waals surface area contributed by atoms with Gasteiger partial charge < -0.3 is 10.6 Å². The third-order valence-corrected chi connectivity index (χ3v) is 4.33. The first-order valence-electron chi connectivity index (χ1n) is 8.37. The summed E-state index contributed by atoms with van der Waals surface area (Å²) in [7, 11) is 0. The van der Waals surface area contributed by atoms with Gasteiger partial charge in [-0.05, 0) is 24.0 Å². The van der Waals surface area contributed by atoms with E-state index in [0.717, 1.165) is 12.0 Å². The van der Waals surface area contributed by atoms with Crippen LogP contribution in [0.3, 0.4) is 0 Å². The van der Waals surface area contributed by atoms with Crippen LogP contribution in [0.25, 0.3) is 0 Å². The standard InChI is InChI=1S/C20H22N2O2/c23-19(21-12-11-15-7-3-1-4-8-15)17-13-18(17)20(24)22-14-16-9-5-2-6-10-16/h1-10,17-18H,11-14H2,(H,21,23)(H,22,24). The van der Waals surface area contributed by atoms with E-state index in [1.807, 2.05) is 60.7 Å². The van der Waals surface area contributed by atoms with Crippen molar-refractivity contribution in [2.75, 3.05) is 6.54 Å². The van der Waals surface area contributed by atoms with Crippen molar-refractivity contribution in [2.45, 2.75) is 19.4 Å². The molecule has 0 aromatic heterocycles. The molecular weight excluding hydrogens is 300 g/mol. The van der Waals surface area contributed by atoms with Crippen LogP contribution in [0.5, 0.6) is 0 Å². The second kappa shape index (κ2) is 7.77. The molecule has 2 atom stereocenters. The van der Waals surface area contributed by atoms with Gasteiger partial charge in [-0.3, -0.25) is 9.59 Å². The Kier molecular flexibility index (Phi) is 5.26. The summed E-state index contributed by atoms with van der Waals surface area (Å²) in [5.74, 6) is -0.380. The number of amides is 2. The van der Waals surface area contributed by atoms with Crippen molar-refractivity contribution in [1.82, 2.24) is 10.6 Å². The molecule has 0 bridgehead atoms. The van der Waals surface area contributed by atoms with Crippen molar-refractivity contribution < 1.29 is 9.59 Å². The number of carbonyl (C=O) groups is 2. The van der Waals surface area contributed by atoms with Crippen molar-refractivity contribution in [3.8, 4) is 0 Å². The molecule has 0 aliphatic heterocycles. The molecule has 24 heavy (non-hydrogen) atoms. The summed E-state index contributed by atoms with van der Waals surface area (Å²) < 4.78 is 0. The van der Waals surface area contributed by atoms with E-state index in [9.17, 15) is 9.59 Å². The molecule has 2 aromatic rings. The van der Waals surface area contributed by atoms with Gasteiger partial charge in [0.2, 0.25) is 11.8 Å². The van der Waals surface area contributed by atoms with Gasteiger partial charge in [-0.15, -0.1) is 0 Å². The normalized spacial score (nSPS) is 18.7. The Morgan fingerprint density at radius 1 is 0.792 bits per heavy atom. The van der Waals surface area contributed by atoms with Crippen molar-refractivity contribution in [3.63, 3.8) is 0 Å². The SMILES string of the molecule is O=C(NCCc1ccccc1)C1CC1C(=O)NCc1ccccc1. The largest absolute Gasteiger partial charge is 0.356 e. The van der Waals surface area contributed by atoms with Crippen LogP contribution in [-0.2, 0) is 22.6 Å². The minimum atomic E-state index is -0.176. The van der Waals surface area contributed by atoms with Crippen LogP contribution in [0.15, 0.2) is 60.7 Å². The molecule has 1 saturated carbocycles. The lowest BCUT2D eigenvalue weighted by Crippen LogP contribution is -2.31. The second-order valence-corrected chi connectivity index (χ2v) is 6.18. The summed E-state index contributed by atoms with van der Waals surface area (Å²) in [5, 5.41) is 5.84. The van der Waals surface area contributed by atoms with Gasteiger partial charge >= 0.3 is 0 Å². The fourth-order valence-electron chi connectivity index (χ4n) is 2.80. The minimum Gasteiger partial charge on any atom is -0.356 e. The van der Waals surface area contributed by atoms with E-state index in [-0.39, 0.29) is 23.7 Å². The molecular formula is C20H22N2O2. The van der Waals surface area contributed by atoms with Gasteiger partial charge in [0.1, 0.15) is 0 Å². The predicted octanol–water partition coefficient (Wildman–Crippen LogP) is 2.30. The molecule has 0 radical (unpaired) electrons. The Morgan fingerprint density at radius 2 is 1.33 bits per heavy atom. The third-order valence-electron chi connectivity index (χ3n) is 4.33. The lowest BCUT2D eigenvalue weighted by atomic mass is 10.1. The van der Waals surface area contributed by atoms with Gasteiger partial charge in [-0.2, -0.15) is 0 Å². The highest BCUT2D eigenvalue weighted by Crippen LogP contribution is 2.38. The first-order chi connectivity index (χ1) is 11.7. The summed E-state index contributed by atoms with van der Waals surface area (Å²) in [5.41, 5.74) is 2.26. The Morgan fingerprint density at radius 3 is 1.96 bits per heavy atom. The zero-order valence-electron chi connectivity index (χ0n) is 13.6. The van der Waals surface area contributed by atoms with Gasteiger partial charge in [0.15, 0.2) is 0 Å². The minimum absolute atomic E-state index is 0.00853. The van der Waals surface area contributed by atoms with E-state index in [2.05, 4.69) is 10.6 Å². The number of hydrogen-bond acceptors (Lipinski definition) is 2. The molecule has 4 heteroatoms. The molecule has 0 saturated heterocycles. The molecule has 3 rings (SSSR count). The highest BCUT2D eigenvalue weighted by Gasteiger charge is 2.47. The molecule has 124 valence electrons. The fourth-order valence-corrected chi connectivity index (χ4v) is 2.80. The molecule has 2 unspecified atom stereocenters. The number of benzene rings is 2. The first-order valence-corrected chi connectivity index (χ1v) is 8.37. The van der Waals surface area contributed by atoms with Crippen LogP contribution in [0.2, 0.25) is 0 Å². The van der Waals surface area contributed by atoms with E-state index in [1.165, 1.54) is 5.56 Å². The molecule has 2 aromatic carbocycles. The smallest absolute Gasteiger partial charge is 0.224 e. The highest BCUT2D eigenvalue weighted by atomic mass is 16.2. The van der Waals surface area contributed by atoms with Crippen molar-refractivity contribution >= 4 is 11.8 Å². The summed E-state index contributed by atoms with van der Waals surface area (Å²) in [6.07, 6.45) is 1.46. The van der Waals surface area contributed by atoms with E-state index in [1.54, 1.807) is 0 Å². The summed E-state index contributed by atoms with van der Waals surface area (Å²) in [6.45, 7) is 1.12. The van der Waals surface area contributed by atoms with Crippen LogP contribution in [-0.4, -0.2) is 18.4 Å². The number of hydrogen-bond donors (Lipinski definition) is 2. The molecule has 1 aliphatic rings. The lowest BCUT2D eigenvalue weighted by molar-refractivity contribution is -0.127. The van der Waals surface area contributed by atoms with Gasteiger partial charge in [0, 0.05) is 13.1 Å². The average molecular weight is 322 g/mol. The fraction of sp³-hybridized carbons (Fsp3) is 0.300. The van der Waals surface area contributed by atoms with Crippen molar-refractivity contribution in [3.05, 3.63) is 71.8 Å². The average Bonchev–Trinajstić information content (AvgIpc) is 3.42. The lowest BCUT2D eigenvalue weighted by Gasteiger charge is -2.06. The summed E-state index contributed by atoms with van der Waals surface area (Å²) in [4.78, 5) is 24.2. The van der Waals surface area contributed by atoms with Crippen LogP contribution < -0.4 is 10.6 Å². The number of nitrogens with one attached hydrogen (secondary N) is 2. The van der Waals surface area contributed by atoms with E-state index in [4.69, 9.17) is 0 Å². The maximum Gasteiger partial charge on any atom is 0.224 e. The zero-order valence-corrected chi connectivity index (χ0v) is 13.6. The van der Waals surface area contributed by atoms with Crippen molar-refractivity contribution in [1.29, 1.82) is 0 Å². The van der Waals surface area contributed by atoms with Gasteiger partial charge in [-0.1, -0.05) is 60.7 Å². The Bertz CT molecular complexity index is 685. The predicted molar refractivity (Wildman–Crippen MR) is 93.0 cm³/mol. The molecule has 4 nitrogen and oxygen atoms in total. The topological polar surface area (TPSA) is 58.2 Å². The Balaban J connectivity index is 1.36. The summed E-state index contributed by atoms with van der Waals surface area (Å²) in [6, 6.07) is 19.8. The number of carbonyl (C=O) groups excluding carboxylic acids is 2. The van der Waals surface area contributed by atoms with Gasteiger partial charge in [0.05, 0.1) is 11.8 Å². The Hall–Kier alpha value is -2.62. The van der Waals surface area contributed by atoms with Crippen LogP contribution in [0, 0.1) is 11.8 Å². The second-order valence-electron chi connectivity index (χ2n) is 6.18. The monoisotopic (exact) mass is 322 g/mol. The van der Waals surface area contributed by atoms with Gasteiger partial charge in [-0.25, -0.2) is 0 Å². The van der Waals surface area contributed by atoms with Gasteiger partial charge in [0.25, 0.3) is 0 Å². The van der Waals surface area contributed by atoms with E-state index >= 15 is 0 Å². The first kappa shape index (κ1) is 16.2. The molecule has 1 fully saturated rings. The third kappa shape index (κ3) is 4.44. The maximum absolute atomic E-state index is 12.1. The quantitative estimate of drug-likeness (QED) is 0.822. The summed E-state index contributed by atoms with van der Waals surface area (Å²) >= 11 is 0. The zero-order chi connectivity index (χ0) is 16.8. The van der Waals surface area contributed by atoms with E-state index < -0.39 is 0 Å². The highest BCUT2D eigenvalue weighted by molar-refractivity contribution is 5.92.